The van der Waals surface area contributed by atoms with Crippen molar-refractivity contribution in [3.8, 4) is 0 Å². The molecule has 0 radical (unpaired) electrons. The van der Waals surface area contributed by atoms with Gasteiger partial charge in [-0.3, -0.25) is 4.79 Å². The molecule has 0 aliphatic heterocycles. The minimum atomic E-state index is -0.282. The summed E-state index contributed by atoms with van der Waals surface area (Å²) in [6.07, 6.45) is 0.669. The molecule has 0 saturated heterocycles. The van der Waals surface area contributed by atoms with Crippen LogP contribution in [0.5, 0.6) is 0 Å². The monoisotopic (exact) mass is 346 g/mol. The molecule has 21 heavy (non-hydrogen) atoms. The SMILES string of the molecule is CC1(C)CC(=O)C(N=Nc2c(Cl)cc(Cl)cc2Cl)=C(O)C1. The van der Waals surface area contributed by atoms with Gasteiger partial charge in [0.2, 0.25) is 0 Å². The van der Waals surface area contributed by atoms with Gasteiger partial charge in [0.1, 0.15) is 11.4 Å². The smallest absolute Gasteiger partial charge is 0.187 e. The number of nitrogens with zero attached hydrogens (tertiary/aromatic N) is 2. The van der Waals surface area contributed by atoms with Crippen molar-refractivity contribution in [2.45, 2.75) is 26.7 Å². The van der Waals surface area contributed by atoms with E-state index < -0.39 is 0 Å². The van der Waals surface area contributed by atoms with Gasteiger partial charge in [-0.05, 0) is 17.5 Å². The molecular formula is C14H13Cl3N2O2. The number of hydrogen-bond donors (Lipinski definition) is 1. The summed E-state index contributed by atoms with van der Waals surface area (Å²) < 4.78 is 0. The first-order valence-corrected chi connectivity index (χ1v) is 7.34. The van der Waals surface area contributed by atoms with Gasteiger partial charge in [0, 0.05) is 17.9 Å². The van der Waals surface area contributed by atoms with Crippen molar-refractivity contribution >= 4 is 46.3 Å². The number of hydrogen-bond acceptors (Lipinski definition) is 4. The third-order valence-electron chi connectivity index (χ3n) is 3.05. The lowest BCUT2D eigenvalue weighted by molar-refractivity contribution is -0.118. The molecule has 1 aliphatic carbocycles. The van der Waals surface area contributed by atoms with E-state index in [-0.39, 0.29) is 38.4 Å². The van der Waals surface area contributed by atoms with Crippen LogP contribution in [0.4, 0.5) is 5.69 Å². The van der Waals surface area contributed by atoms with Crippen LogP contribution in [0.2, 0.25) is 15.1 Å². The standard InChI is InChI=1S/C14H13Cl3N2O2/c1-14(2)5-10(20)13(11(21)6-14)19-18-12-8(16)3-7(15)4-9(12)17/h3-4,20H,5-6H2,1-2H3. The maximum Gasteiger partial charge on any atom is 0.187 e. The summed E-state index contributed by atoms with van der Waals surface area (Å²) in [5.41, 5.74) is -0.118. The van der Waals surface area contributed by atoms with Crippen LogP contribution >= 0.6 is 34.8 Å². The molecule has 1 aromatic rings. The van der Waals surface area contributed by atoms with Crippen molar-refractivity contribution in [3.05, 3.63) is 38.7 Å². The molecule has 7 heteroatoms. The van der Waals surface area contributed by atoms with Gasteiger partial charge < -0.3 is 5.11 Å². The summed E-state index contributed by atoms with van der Waals surface area (Å²) in [6, 6.07) is 2.95. The molecule has 0 aromatic heterocycles. The van der Waals surface area contributed by atoms with Gasteiger partial charge in [-0.1, -0.05) is 48.7 Å². The molecule has 0 fully saturated rings. The summed E-state index contributed by atoms with van der Waals surface area (Å²) in [5, 5.41) is 18.5. The Morgan fingerprint density at radius 2 is 1.67 bits per heavy atom. The zero-order valence-electron chi connectivity index (χ0n) is 11.5. The molecule has 0 heterocycles. The summed E-state index contributed by atoms with van der Waals surface area (Å²) in [4.78, 5) is 12.0. The highest BCUT2D eigenvalue weighted by molar-refractivity contribution is 6.41. The van der Waals surface area contributed by atoms with Crippen LogP contribution in [0.25, 0.3) is 0 Å². The Bertz CT molecular complexity index is 643. The Kier molecular flexibility index (Phi) is 4.61. The van der Waals surface area contributed by atoms with E-state index in [2.05, 4.69) is 10.2 Å². The van der Waals surface area contributed by atoms with Gasteiger partial charge in [-0.2, -0.15) is 0 Å². The minimum absolute atomic E-state index is 0.0450. The Morgan fingerprint density at radius 3 is 2.19 bits per heavy atom. The van der Waals surface area contributed by atoms with Gasteiger partial charge in [-0.25, -0.2) is 0 Å². The quantitative estimate of drug-likeness (QED) is 0.678. The molecule has 0 unspecified atom stereocenters. The number of carbonyl (C=O) groups excluding carboxylic acids is 1. The molecule has 0 amide bonds. The number of aliphatic hydroxyl groups is 1. The van der Waals surface area contributed by atoms with Gasteiger partial charge >= 0.3 is 0 Å². The average molecular weight is 348 g/mol. The van der Waals surface area contributed by atoms with Crippen LogP contribution in [0.1, 0.15) is 26.7 Å². The van der Waals surface area contributed by atoms with Crippen molar-refractivity contribution < 1.29 is 9.90 Å². The molecule has 112 valence electrons. The van der Waals surface area contributed by atoms with Gasteiger partial charge in [0.15, 0.2) is 11.5 Å². The molecule has 1 aliphatic rings. The summed E-state index contributed by atoms with van der Waals surface area (Å²) in [6.45, 7) is 3.81. The van der Waals surface area contributed by atoms with Crippen molar-refractivity contribution in [2.24, 2.45) is 15.6 Å². The van der Waals surface area contributed by atoms with Crippen LogP contribution < -0.4 is 0 Å². The normalized spacial score (nSPS) is 18.6. The van der Waals surface area contributed by atoms with E-state index in [1.54, 1.807) is 0 Å². The van der Waals surface area contributed by atoms with E-state index in [1.165, 1.54) is 12.1 Å². The second kappa shape index (κ2) is 5.95. The molecule has 2 rings (SSSR count). The number of halogens is 3. The molecule has 0 bridgehead atoms. The number of rotatable bonds is 2. The first-order valence-electron chi connectivity index (χ1n) is 6.21. The number of benzene rings is 1. The Labute approximate surface area is 137 Å². The van der Waals surface area contributed by atoms with Gasteiger partial charge in [0.25, 0.3) is 0 Å². The number of carbonyl (C=O) groups is 1. The summed E-state index contributed by atoms with van der Waals surface area (Å²) in [5.74, 6) is -0.324. The fourth-order valence-corrected chi connectivity index (χ4v) is 3.01. The van der Waals surface area contributed by atoms with Crippen LogP contribution in [-0.2, 0) is 4.79 Å². The molecular weight excluding hydrogens is 335 g/mol. The van der Waals surface area contributed by atoms with Crippen molar-refractivity contribution in [1.29, 1.82) is 0 Å². The van der Waals surface area contributed by atoms with Crippen molar-refractivity contribution in [3.63, 3.8) is 0 Å². The predicted molar refractivity (Wildman–Crippen MR) is 83.7 cm³/mol. The molecule has 4 nitrogen and oxygen atoms in total. The fourth-order valence-electron chi connectivity index (χ4n) is 2.12. The summed E-state index contributed by atoms with van der Waals surface area (Å²) >= 11 is 17.8. The largest absolute Gasteiger partial charge is 0.510 e. The minimum Gasteiger partial charge on any atom is -0.510 e. The van der Waals surface area contributed by atoms with E-state index >= 15 is 0 Å². The molecule has 0 spiro atoms. The third-order valence-corrected chi connectivity index (χ3v) is 3.85. The van der Waals surface area contributed by atoms with Crippen LogP contribution in [-0.4, -0.2) is 10.9 Å². The molecule has 1 aromatic carbocycles. The highest BCUT2D eigenvalue weighted by atomic mass is 35.5. The molecule has 1 N–H and O–H groups in total. The Morgan fingerprint density at radius 1 is 1.10 bits per heavy atom. The number of ketones is 1. The maximum atomic E-state index is 12.0. The topological polar surface area (TPSA) is 62.0 Å². The van der Waals surface area contributed by atoms with Crippen LogP contribution in [0.15, 0.2) is 33.8 Å². The van der Waals surface area contributed by atoms with E-state index in [0.29, 0.717) is 17.9 Å². The maximum absolute atomic E-state index is 12.0. The highest BCUT2D eigenvalue weighted by Crippen LogP contribution is 2.39. The number of aliphatic hydroxyl groups excluding tert-OH is 1. The zero-order valence-corrected chi connectivity index (χ0v) is 13.7. The van der Waals surface area contributed by atoms with E-state index in [9.17, 15) is 9.90 Å². The third kappa shape index (κ3) is 3.76. The zero-order chi connectivity index (χ0) is 15.8. The van der Waals surface area contributed by atoms with Crippen molar-refractivity contribution in [1.82, 2.24) is 0 Å². The van der Waals surface area contributed by atoms with Crippen LogP contribution in [0, 0.1) is 5.41 Å². The lowest BCUT2D eigenvalue weighted by Gasteiger charge is -2.27. The lowest BCUT2D eigenvalue weighted by Crippen LogP contribution is -2.25. The highest BCUT2D eigenvalue weighted by Gasteiger charge is 2.33. The van der Waals surface area contributed by atoms with Crippen molar-refractivity contribution in [2.75, 3.05) is 0 Å². The molecule has 0 saturated carbocycles. The van der Waals surface area contributed by atoms with Gasteiger partial charge in [0.05, 0.1) is 10.0 Å². The first kappa shape index (κ1) is 16.3. The average Bonchev–Trinajstić information content (AvgIpc) is 2.29. The number of azo groups is 1. The fraction of sp³-hybridized carbons (Fsp3) is 0.357. The van der Waals surface area contributed by atoms with E-state index in [0.717, 1.165) is 0 Å². The second-order valence-corrected chi connectivity index (χ2v) is 6.91. The van der Waals surface area contributed by atoms with E-state index in [1.807, 2.05) is 13.8 Å². The summed E-state index contributed by atoms with van der Waals surface area (Å²) in [7, 11) is 0. The van der Waals surface area contributed by atoms with E-state index in [4.69, 9.17) is 34.8 Å². The molecule has 0 atom stereocenters. The lowest BCUT2D eigenvalue weighted by atomic mass is 9.78. The predicted octanol–water partition coefficient (Wildman–Crippen LogP) is 5.89. The van der Waals surface area contributed by atoms with Gasteiger partial charge in [-0.15, -0.1) is 10.2 Å². The number of allylic oxidation sites excluding steroid dienone is 2. The Hall–Kier alpha value is -1.10. The van der Waals surface area contributed by atoms with Crippen LogP contribution in [0.3, 0.4) is 0 Å². The Balaban J connectivity index is 2.36. The first-order chi connectivity index (χ1) is 9.69. The second-order valence-electron chi connectivity index (χ2n) is 5.65. The number of Topliss-reactive ketones (excluding diaryl/α,β-unsaturated/α-hetero) is 1.